The molecule has 1 aromatic heterocycles. The van der Waals surface area contributed by atoms with Gasteiger partial charge in [-0.1, -0.05) is 29.8 Å². The molecule has 1 aromatic carbocycles. The Morgan fingerprint density at radius 2 is 1.89 bits per heavy atom. The molecule has 3 aliphatic rings. The smallest absolute Gasteiger partial charge is 0.134 e. The van der Waals surface area contributed by atoms with Crippen LogP contribution in [-0.2, 0) is 5.41 Å². The molecular weight excluding hydrogens is 336 g/mol. The number of hydrogen-bond acceptors (Lipinski definition) is 5. The average Bonchev–Trinajstić information content (AvgIpc) is 3.29. The van der Waals surface area contributed by atoms with Crippen LogP contribution in [0.3, 0.4) is 0 Å². The average molecular weight is 364 g/mol. The van der Waals surface area contributed by atoms with Gasteiger partial charge >= 0.3 is 0 Å². The van der Waals surface area contributed by atoms with Gasteiger partial charge in [-0.3, -0.25) is 0 Å². The van der Waals surface area contributed by atoms with Gasteiger partial charge in [-0.15, -0.1) is 0 Å². The van der Waals surface area contributed by atoms with E-state index in [1.54, 1.807) is 6.33 Å². The van der Waals surface area contributed by atoms with Crippen molar-refractivity contribution in [2.24, 2.45) is 11.8 Å². The highest BCUT2D eigenvalue weighted by molar-refractivity contribution is 5.54. The van der Waals surface area contributed by atoms with E-state index in [-0.39, 0.29) is 6.61 Å². The monoisotopic (exact) mass is 364 g/mol. The predicted octanol–water partition coefficient (Wildman–Crippen LogP) is 2.77. The molecule has 3 fully saturated rings. The zero-order chi connectivity index (χ0) is 18.4. The first-order valence-corrected chi connectivity index (χ1v) is 10.2. The minimum atomic E-state index is 0.265. The van der Waals surface area contributed by atoms with Gasteiger partial charge < -0.3 is 14.9 Å². The number of aliphatic hydroxyl groups is 1. The maximum atomic E-state index is 9.50. The van der Waals surface area contributed by atoms with Crippen LogP contribution in [0.1, 0.15) is 30.4 Å². The molecule has 0 radical (unpaired) electrons. The molecule has 1 saturated carbocycles. The zero-order valence-electron chi connectivity index (χ0n) is 16.0. The summed E-state index contributed by atoms with van der Waals surface area (Å²) in [4.78, 5) is 13.9. The molecule has 0 bridgehead atoms. The molecule has 0 spiro atoms. The van der Waals surface area contributed by atoms with Crippen molar-refractivity contribution >= 4 is 11.6 Å². The van der Waals surface area contributed by atoms with Gasteiger partial charge in [-0.25, -0.2) is 9.97 Å². The molecule has 5 heteroatoms. The van der Waals surface area contributed by atoms with Crippen molar-refractivity contribution in [3.05, 3.63) is 47.8 Å². The predicted molar refractivity (Wildman–Crippen MR) is 107 cm³/mol. The molecule has 2 aromatic rings. The second-order valence-corrected chi connectivity index (χ2v) is 8.67. The van der Waals surface area contributed by atoms with E-state index in [1.807, 2.05) is 0 Å². The Balaban J connectivity index is 1.34. The third-order valence-corrected chi connectivity index (χ3v) is 6.84. The first-order chi connectivity index (χ1) is 13.2. The Hall–Kier alpha value is -2.14. The molecule has 1 aliphatic carbocycles. The number of aromatic nitrogens is 2. The van der Waals surface area contributed by atoms with Gasteiger partial charge in [0.25, 0.3) is 0 Å². The fourth-order valence-corrected chi connectivity index (χ4v) is 5.09. The van der Waals surface area contributed by atoms with E-state index in [0.29, 0.717) is 11.3 Å². The van der Waals surface area contributed by atoms with Crippen LogP contribution >= 0.6 is 0 Å². The van der Waals surface area contributed by atoms with E-state index in [4.69, 9.17) is 0 Å². The molecule has 1 N–H and O–H groups in total. The lowest BCUT2D eigenvalue weighted by Gasteiger charge is -2.33. The third kappa shape index (κ3) is 2.98. The van der Waals surface area contributed by atoms with Gasteiger partial charge in [0.2, 0.25) is 0 Å². The number of fused-ring (bicyclic) bond motifs is 1. The molecule has 142 valence electrons. The fraction of sp³-hybridized carbons (Fsp3) is 0.545. The van der Waals surface area contributed by atoms with Gasteiger partial charge in [-0.05, 0) is 43.6 Å². The first-order valence-electron chi connectivity index (χ1n) is 10.2. The number of rotatable bonds is 4. The van der Waals surface area contributed by atoms with Crippen molar-refractivity contribution in [2.45, 2.75) is 31.6 Å². The van der Waals surface area contributed by atoms with Gasteiger partial charge in [-0.2, -0.15) is 0 Å². The topological polar surface area (TPSA) is 52.5 Å². The van der Waals surface area contributed by atoms with Crippen LogP contribution < -0.4 is 9.80 Å². The number of anilines is 2. The highest BCUT2D eigenvalue weighted by atomic mass is 16.3. The molecule has 27 heavy (non-hydrogen) atoms. The summed E-state index contributed by atoms with van der Waals surface area (Å²) in [7, 11) is 0. The van der Waals surface area contributed by atoms with Gasteiger partial charge in [0.15, 0.2) is 0 Å². The number of aliphatic hydroxyl groups excluding tert-OH is 1. The van der Waals surface area contributed by atoms with Crippen LogP contribution in [0.25, 0.3) is 0 Å². The van der Waals surface area contributed by atoms with Crippen LogP contribution in [0.5, 0.6) is 0 Å². The van der Waals surface area contributed by atoms with Crippen molar-refractivity contribution in [1.82, 2.24) is 9.97 Å². The van der Waals surface area contributed by atoms with E-state index in [2.05, 4.69) is 57.0 Å². The van der Waals surface area contributed by atoms with Crippen LogP contribution in [-0.4, -0.2) is 47.9 Å². The van der Waals surface area contributed by atoms with Crippen molar-refractivity contribution in [3.8, 4) is 0 Å². The Kier molecular flexibility index (Phi) is 4.08. The van der Waals surface area contributed by atoms with Crippen molar-refractivity contribution < 1.29 is 5.11 Å². The summed E-state index contributed by atoms with van der Waals surface area (Å²) >= 11 is 0. The molecule has 1 unspecified atom stereocenters. The summed E-state index contributed by atoms with van der Waals surface area (Å²) in [6, 6.07) is 11.2. The third-order valence-electron chi connectivity index (χ3n) is 6.84. The maximum Gasteiger partial charge on any atom is 0.134 e. The molecule has 0 amide bonds. The first kappa shape index (κ1) is 17.0. The quantitative estimate of drug-likeness (QED) is 0.904. The van der Waals surface area contributed by atoms with Crippen LogP contribution in [0, 0.1) is 18.8 Å². The molecule has 3 heterocycles. The Morgan fingerprint density at radius 1 is 1.11 bits per heavy atom. The minimum absolute atomic E-state index is 0.265. The number of piperidine rings is 2. The summed E-state index contributed by atoms with van der Waals surface area (Å²) < 4.78 is 0. The summed E-state index contributed by atoms with van der Waals surface area (Å²) in [6.07, 6.45) is 5.23. The second-order valence-electron chi connectivity index (χ2n) is 8.67. The number of hydrogen-bond donors (Lipinski definition) is 1. The number of nitrogens with zero attached hydrogens (tertiary/aromatic N) is 4. The lowest BCUT2D eigenvalue weighted by molar-refractivity contribution is 0.208. The largest absolute Gasteiger partial charge is 0.396 e. The molecule has 2 saturated heterocycles. The summed E-state index contributed by atoms with van der Waals surface area (Å²) in [6.45, 7) is 6.46. The normalized spacial score (nSPS) is 29.7. The van der Waals surface area contributed by atoms with Gasteiger partial charge in [0.1, 0.15) is 18.0 Å². The number of benzene rings is 1. The fourth-order valence-electron chi connectivity index (χ4n) is 5.09. The summed E-state index contributed by atoms with van der Waals surface area (Å²) in [5.41, 5.74) is 3.13. The standard InChI is InChI=1S/C22H28N4O/c1-16-4-6-18(7-5-16)22-10-19(22)12-26(14-22)21-9-20(23-15-24-21)25-8-2-3-17(11-25)13-27/h4-7,9,15,17,19,27H,2-3,8,10-14H2,1H3/t17?,19-,22+/m0/s1. The summed E-state index contributed by atoms with van der Waals surface area (Å²) in [5.74, 6) is 3.15. The Labute approximate surface area is 161 Å². The number of aryl methyl sites for hydroxylation is 1. The minimum Gasteiger partial charge on any atom is -0.396 e. The SMILES string of the molecule is Cc1ccc([C@]23C[C@H]2CN(c2cc(N4CCCC(CO)C4)ncn2)C3)cc1. The van der Waals surface area contributed by atoms with E-state index < -0.39 is 0 Å². The van der Waals surface area contributed by atoms with E-state index in [1.165, 1.54) is 17.5 Å². The van der Waals surface area contributed by atoms with Gasteiger partial charge in [0, 0.05) is 44.3 Å². The Bertz CT molecular complexity index is 823. The van der Waals surface area contributed by atoms with Crippen LogP contribution in [0.4, 0.5) is 11.6 Å². The van der Waals surface area contributed by atoms with E-state index in [0.717, 1.165) is 56.6 Å². The highest BCUT2D eigenvalue weighted by Gasteiger charge is 2.60. The molecule has 5 nitrogen and oxygen atoms in total. The Morgan fingerprint density at radius 3 is 2.67 bits per heavy atom. The second kappa shape index (κ2) is 6.48. The van der Waals surface area contributed by atoms with Gasteiger partial charge in [0.05, 0.1) is 0 Å². The van der Waals surface area contributed by atoms with Crippen molar-refractivity contribution in [3.63, 3.8) is 0 Å². The molecule has 5 rings (SSSR count). The molecular formula is C22H28N4O. The lowest BCUT2D eigenvalue weighted by atomic mass is 9.94. The maximum absolute atomic E-state index is 9.50. The van der Waals surface area contributed by atoms with Crippen LogP contribution in [0.15, 0.2) is 36.7 Å². The molecule has 2 aliphatic heterocycles. The summed E-state index contributed by atoms with van der Waals surface area (Å²) in [5, 5.41) is 9.50. The zero-order valence-corrected chi connectivity index (χ0v) is 16.0. The molecule has 3 atom stereocenters. The van der Waals surface area contributed by atoms with E-state index in [9.17, 15) is 5.11 Å². The van der Waals surface area contributed by atoms with Crippen molar-refractivity contribution in [2.75, 3.05) is 42.6 Å². The van der Waals surface area contributed by atoms with Crippen LogP contribution in [0.2, 0.25) is 0 Å². The highest BCUT2D eigenvalue weighted by Crippen LogP contribution is 2.59. The van der Waals surface area contributed by atoms with Crippen molar-refractivity contribution in [1.29, 1.82) is 0 Å². The lowest BCUT2D eigenvalue weighted by Crippen LogP contribution is -2.37. The van der Waals surface area contributed by atoms with E-state index >= 15 is 0 Å².